The molecule has 164 valence electrons. The summed E-state index contributed by atoms with van der Waals surface area (Å²) < 4.78 is 54.3. The van der Waals surface area contributed by atoms with Crippen molar-refractivity contribution < 1.29 is 21.6 Å². The van der Waals surface area contributed by atoms with Crippen molar-refractivity contribution in [3.63, 3.8) is 0 Å². The lowest BCUT2D eigenvalue weighted by Gasteiger charge is -2.23. The average Bonchev–Trinajstić information content (AvgIpc) is 3.37. The van der Waals surface area contributed by atoms with Crippen molar-refractivity contribution in [2.24, 2.45) is 0 Å². The highest BCUT2D eigenvalue weighted by Gasteiger charge is 2.32. The monoisotopic (exact) mass is 471 g/mol. The molecule has 1 aromatic carbocycles. The van der Waals surface area contributed by atoms with Crippen LogP contribution >= 0.6 is 11.3 Å². The maximum Gasteiger partial charge on any atom is 0.250 e. The van der Waals surface area contributed by atoms with E-state index in [-0.39, 0.29) is 15.0 Å². The minimum atomic E-state index is -3.77. The van der Waals surface area contributed by atoms with Crippen LogP contribution in [0.2, 0.25) is 0 Å². The summed E-state index contributed by atoms with van der Waals surface area (Å²) >= 11 is 1.08. The van der Waals surface area contributed by atoms with Crippen molar-refractivity contribution in [1.82, 2.24) is 9.03 Å². The number of sulfonamides is 2. The summed E-state index contributed by atoms with van der Waals surface area (Å²) in [6.45, 7) is 6.20. The van der Waals surface area contributed by atoms with Crippen LogP contribution in [0.1, 0.15) is 26.3 Å². The lowest BCUT2D eigenvalue weighted by atomic mass is 10.2. The Morgan fingerprint density at radius 3 is 2.50 bits per heavy atom. The van der Waals surface area contributed by atoms with Gasteiger partial charge in [-0.05, 0) is 48.6 Å². The van der Waals surface area contributed by atoms with Crippen LogP contribution < -0.4 is 9.62 Å². The van der Waals surface area contributed by atoms with Crippen LogP contribution in [0.15, 0.2) is 44.8 Å². The molecule has 0 saturated heterocycles. The molecule has 1 atom stereocenters. The summed E-state index contributed by atoms with van der Waals surface area (Å²) in [5.74, 6) is -0.381. The zero-order valence-electron chi connectivity index (χ0n) is 17.0. The lowest BCUT2D eigenvalue weighted by molar-refractivity contribution is -0.119. The molecule has 3 rings (SSSR count). The Kier molecular flexibility index (Phi) is 6.68. The van der Waals surface area contributed by atoms with E-state index in [2.05, 4.69) is 4.72 Å². The number of carbonyl (C=O) groups excluding carboxylic acids is 1. The van der Waals surface area contributed by atoms with Crippen molar-refractivity contribution in [1.29, 1.82) is 0 Å². The van der Waals surface area contributed by atoms with E-state index in [1.807, 2.05) is 0 Å². The topological polar surface area (TPSA) is 104 Å². The molecule has 1 unspecified atom stereocenters. The van der Waals surface area contributed by atoms with Gasteiger partial charge in [-0.3, -0.25) is 4.79 Å². The van der Waals surface area contributed by atoms with Gasteiger partial charge in [0.25, 0.3) is 10.0 Å². The Morgan fingerprint density at radius 2 is 1.90 bits per heavy atom. The van der Waals surface area contributed by atoms with Gasteiger partial charge >= 0.3 is 0 Å². The first-order valence-corrected chi connectivity index (χ1v) is 13.4. The van der Waals surface area contributed by atoms with E-state index in [0.717, 1.165) is 16.9 Å². The Bertz CT molecular complexity index is 1120. The van der Waals surface area contributed by atoms with Crippen LogP contribution in [-0.4, -0.2) is 52.7 Å². The van der Waals surface area contributed by atoms with Crippen LogP contribution in [0.25, 0.3) is 0 Å². The van der Waals surface area contributed by atoms with Gasteiger partial charge in [0, 0.05) is 25.3 Å². The molecule has 1 amide bonds. The standard InChI is InChI=1S/C19H25N3O5S3/c1-4-21(5-2)30(26,27)16-8-9-17-15(13-16)10-11-22(17)19(23)14(3)20-29(24,25)18-7-6-12-28-18/h6-9,12-14,20H,4-5,10-11H2,1-3H3. The lowest BCUT2D eigenvalue weighted by Crippen LogP contribution is -2.46. The number of anilines is 1. The fraction of sp³-hybridized carbons (Fsp3) is 0.421. The first kappa shape index (κ1) is 22.9. The highest BCUT2D eigenvalue weighted by atomic mass is 32.2. The van der Waals surface area contributed by atoms with Crippen molar-refractivity contribution >= 4 is 43.0 Å². The molecule has 30 heavy (non-hydrogen) atoms. The number of carbonyl (C=O) groups is 1. The van der Waals surface area contributed by atoms with E-state index in [1.54, 1.807) is 37.4 Å². The zero-order chi connectivity index (χ0) is 22.1. The quantitative estimate of drug-likeness (QED) is 0.634. The first-order valence-electron chi connectivity index (χ1n) is 9.62. The van der Waals surface area contributed by atoms with Crippen molar-refractivity contribution in [3.05, 3.63) is 41.3 Å². The second kappa shape index (κ2) is 8.75. The molecule has 0 bridgehead atoms. The second-order valence-corrected chi connectivity index (χ2v) is 11.7. The van der Waals surface area contributed by atoms with Crippen LogP contribution in [0.4, 0.5) is 5.69 Å². The molecule has 0 spiro atoms. The summed E-state index contributed by atoms with van der Waals surface area (Å²) in [6.07, 6.45) is 0.507. The normalized spacial score (nSPS) is 15.4. The Labute approximate surface area is 181 Å². The van der Waals surface area contributed by atoms with Gasteiger partial charge in [-0.25, -0.2) is 16.8 Å². The maximum absolute atomic E-state index is 12.9. The number of rotatable bonds is 8. The fourth-order valence-corrected chi connectivity index (χ4v) is 7.19. The molecule has 0 fully saturated rings. The molecule has 8 nitrogen and oxygen atoms in total. The van der Waals surface area contributed by atoms with Gasteiger partial charge in [-0.15, -0.1) is 11.3 Å². The van der Waals surface area contributed by atoms with E-state index in [1.165, 1.54) is 28.3 Å². The zero-order valence-corrected chi connectivity index (χ0v) is 19.5. The van der Waals surface area contributed by atoms with Crippen molar-refractivity contribution in [2.75, 3.05) is 24.5 Å². The Morgan fingerprint density at radius 1 is 1.20 bits per heavy atom. The minimum Gasteiger partial charge on any atom is -0.310 e. The highest BCUT2D eigenvalue weighted by molar-refractivity contribution is 7.91. The number of benzene rings is 1. The van der Waals surface area contributed by atoms with Gasteiger partial charge < -0.3 is 4.90 Å². The maximum atomic E-state index is 12.9. The molecule has 1 aromatic heterocycles. The number of fused-ring (bicyclic) bond motifs is 1. The van der Waals surface area contributed by atoms with E-state index in [9.17, 15) is 21.6 Å². The molecule has 0 radical (unpaired) electrons. The predicted molar refractivity (Wildman–Crippen MR) is 117 cm³/mol. The summed E-state index contributed by atoms with van der Waals surface area (Å²) in [7, 11) is -7.36. The third-order valence-electron chi connectivity index (χ3n) is 5.02. The summed E-state index contributed by atoms with van der Waals surface area (Å²) in [4.78, 5) is 14.6. The predicted octanol–water partition coefficient (Wildman–Crippen LogP) is 2.03. The third kappa shape index (κ3) is 4.30. The molecule has 0 aliphatic carbocycles. The minimum absolute atomic E-state index is 0.148. The average molecular weight is 472 g/mol. The van der Waals surface area contributed by atoms with Gasteiger partial charge in [0.2, 0.25) is 15.9 Å². The van der Waals surface area contributed by atoms with E-state index in [4.69, 9.17) is 0 Å². The van der Waals surface area contributed by atoms with Gasteiger partial charge in [0.1, 0.15) is 4.21 Å². The van der Waals surface area contributed by atoms with Crippen molar-refractivity contribution in [2.45, 2.75) is 42.3 Å². The van der Waals surface area contributed by atoms with Gasteiger partial charge in [0.15, 0.2) is 0 Å². The van der Waals surface area contributed by atoms with Crippen LogP contribution in [-0.2, 0) is 31.3 Å². The molecule has 2 aromatic rings. The van der Waals surface area contributed by atoms with Crippen LogP contribution in [0, 0.1) is 0 Å². The summed E-state index contributed by atoms with van der Waals surface area (Å²) in [5.41, 5.74) is 1.37. The Balaban J connectivity index is 1.81. The number of hydrogen-bond donors (Lipinski definition) is 1. The highest BCUT2D eigenvalue weighted by Crippen LogP contribution is 2.31. The number of thiophene rings is 1. The fourth-order valence-electron chi connectivity index (χ4n) is 3.47. The Hall–Kier alpha value is -1.79. The molecule has 1 aliphatic rings. The molecular formula is C19H25N3O5S3. The van der Waals surface area contributed by atoms with Gasteiger partial charge in [-0.2, -0.15) is 9.03 Å². The molecule has 1 aliphatic heterocycles. The van der Waals surface area contributed by atoms with Gasteiger partial charge in [0.05, 0.1) is 10.9 Å². The number of nitrogens with zero attached hydrogens (tertiary/aromatic N) is 2. The largest absolute Gasteiger partial charge is 0.310 e. The number of nitrogens with one attached hydrogen (secondary N) is 1. The summed E-state index contributed by atoms with van der Waals surface area (Å²) in [6, 6.07) is 6.88. The van der Waals surface area contributed by atoms with E-state index in [0.29, 0.717) is 31.7 Å². The van der Waals surface area contributed by atoms with Crippen LogP contribution in [0.3, 0.4) is 0 Å². The summed E-state index contributed by atoms with van der Waals surface area (Å²) in [5, 5.41) is 1.65. The smallest absolute Gasteiger partial charge is 0.250 e. The SMILES string of the molecule is CCN(CC)S(=O)(=O)c1ccc2c(c1)CCN2C(=O)C(C)NS(=O)(=O)c1cccs1. The van der Waals surface area contributed by atoms with E-state index >= 15 is 0 Å². The van der Waals surface area contributed by atoms with Crippen molar-refractivity contribution in [3.8, 4) is 0 Å². The molecule has 11 heteroatoms. The molecule has 0 saturated carbocycles. The van der Waals surface area contributed by atoms with E-state index < -0.39 is 26.1 Å². The molecule has 1 N–H and O–H groups in total. The number of amides is 1. The second-order valence-electron chi connectivity index (χ2n) is 6.89. The molecule has 2 heterocycles. The van der Waals surface area contributed by atoms with Gasteiger partial charge in [-0.1, -0.05) is 19.9 Å². The molecular weight excluding hydrogens is 446 g/mol. The number of hydrogen-bond acceptors (Lipinski definition) is 6. The third-order valence-corrected chi connectivity index (χ3v) is 10.0. The first-order chi connectivity index (χ1) is 14.1. The van der Waals surface area contributed by atoms with Crippen LogP contribution in [0.5, 0.6) is 0 Å².